The van der Waals surface area contributed by atoms with Gasteiger partial charge in [-0.1, -0.05) is 12.1 Å². The fourth-order valence-electron chi connectivity index (χ4n) is 2.55. The molecule has 3 aromatic rings. The molecule has 7 nitrogen and oxygen atoms in total. The number of nitrogens with zero attached hydrogens (tertiary/aromatic N) is 2. The molecule has 2 N–H and O–H groups in total. The minimum Gasteiger partial charge on any atom is -0.462 e. The molecule has 0 spiro atoms. The highest BCUT2D eigenvalue weighted by Crippen LogP contribution is 2.34. The number of fused-ring (bicyclic) bond motifs is 1. The van der Waals surface area contributed by atoms with Crippen molar-refractivity contribution >= 4 is 28.9 Å². The van der Waals surface area contributed by atoms with Crippen molar-refractivity contribution in [3.8, 4) is 0 Å². The maximum atomic E-state index is 13.0. The second-order valence-electron chi connectivity index (χ2n) is 5.65. The van der Waals surface area contributed by atoms with Gasteiger partial charge in [0, 0.05) is 11.9 Å². The standard InChI is InChI=1S/C18H15F3N4O3/c1-2-28-16(26)12-10-22-25-8-7-11(9-15(12)25)23-17(27)24-14-6-4-3-5-13(14)18(19,20)21/h3-10H,2H2,1H3,(H2,23,24,27). The van der Waals surface area contributed by atoms with E-state index in [1.807, 2.05) is 0 Å². The van der Waals surface area contributed by atoms with Crippen LogP contribution in [0.4, 0.5) is 29.3 Å². The number of rotatable bonds is 4. The van der Waals surface area contributed by atoms with E-state index in [9.17, 15) is 22.8 Å². The van der Waals surface area contributed by atoms with Crippen molar-refractivity contribution in [1.82, 2.24) is 9.61 Å². The summed E-state index contributed by atoms with van der Waals surface area (Å²) in [7, 11) is 0. The predicted molar refractivity (Wildman–Crippen MR) is 95.2 cm³/mol. The molecule has 3 rings (SSSR count). The van der Waals surface area contributed by atoms with Crippen LogP contribution in [-0.4, -0.2) is 28.2 Å². The number of esters is 1. The molecule has 0 aliphatic rings. The number of anilines is 2. The lowest BCUT2D eigenvalue weighted by Crippen LogP contribution is -2.22. The third-order valence-corrected chi connectivity index (χ3v) is 3.76. The topological polar surface area (TPSA) is 84.7 Å². The number of amides is 2. The molecule has 2 amide bonds. The summed E-state index contributed by atoms with van der Waals surface area (Å²) in [6, 6.07) is 6.74. The molecule has 0 bridgehead atoms. The van der Waals surface area contributed by atoms with Crippen LogP contribution in [-0.2, 0) is 10.9 Å². The average Bonchev–Trinajstić information content (AvgIpc) is 3.04. The minimum absolute atomic E-state index is 0.190. The van der Waals surface area contributed by atoms with Gasteiger partial charge in [-0.2, -0.15) is 18.3 Å². The summed E-state index contributed by atoms with van der Waals surface area (Å²) < 4.78 is 45.4. The van der Waals surface area contributed by atoms with E-state index < -0.39 is 23.7 Å². The van der Waals surface area contributed by atoms with Crippen molar-refractivity contribution in [3.63, 3.8) is 0 Å². The van der Waals surface area contributed by atoms with Crippen LogP contribution < -0.4 is 10.6 Å². The summed E-state index contributed by atoms with van der Waals surface area (Å²) in [4.78, 5) is 24.1. The number of nitrogens with one attached hydrogen (secondary N) is 2. The van der Waals surface area contributed by atoms with E-state index >= 15 is 0 Å². The summed E-state index contributed by atoms with van der Waals surface area (Å²) in [5, 5.41) is 8.63. The smallest absolute Gasteiger partial charge is 0.418 e. The van der Waals surface area contributed by atoms with Gasteiger partial charge >= 0.3 is 18.2 Å². The van der Waals surface area contributed by atoms with E-state index in [1.54, 1.807) is 6.92 Å². The fourth-order valence-corrected chi connectivity index (χ4v) is 2.55. The van der Waals surface area contributed by atoms with Crippen LogP contribution >= 0.6 is 0 Å². The molecule has 10 heteroatoms. The highest BCUT2D eigenvalue weighted by atomic mass is 19.4. The summed E-state index contributed by atoms with van der Waals surface area (Å²) in [6.07, 6.45) is -1.77. The molecule has 0 aliphatic carbocycles. The lowest BCUT2D eigenvalue weighted by molar-refractivity contribution is -0.136. The Labute approximate surface area is 157 Å². The van der Waals surface area contributed by atoms with E-state index in [1.165, 1.54) is 41.2 Å². The van der Waals surface area contributed by atoms with Crippen LogP contribution in [0, 0.1) is 0 Å². The van der Waals surface area contributed by atoms with Crippen LogP contribution in [0.3, 0.4) is 0 Å². The largest absolute Gasteiger partial charge is 0.462 e. The molecule has 0 atom stereocenters. The number of hydrogen-bond donors (Lipinski definition) is 2. The van der Waals surface area contributed by atoms with E-state index in [2.05, 4.69) is 15.7 Å². The Morgan fingerprint density at radius 2 is 1.93 bits per heavy atom. The number of benzene rings is 1. The zero-order valence-electron chi connectivity index (χ0n) is 14.6. The summed E-state index contributed by atoms with van der Waals surface area (Å²) >= 11 is 0. The first kappa shape index (κ1) is 19.2. The monoisotopic (exact) mass is 392 g/mol. The molecule has 0 radical (unpaired) electrons. The normalized spacial score (nSPS) is 11.3. The maximum Gasteiger partial charge on any atom is 0.418 e. The fraction of sp³-hybridized carbons (Fsp3) is 0.167. The van der Waals surface area contributed by atoms with Crippen LogP contribution in [0.2, 0.25) is 0 Å². The molecular weight excluding hydrogens is 377 g/mol. The van der Waals surface area contributed by atoms with Crippen molar-refractivity contribution in [3.05, 3.63) is 59.9 Å². The van der Waals surface area contributed by atoms with Gasteiger partial charge in [0.2, 0.25) is 0 Å². The Hall–Kier alpha value is -3.56. The Morgan fingerprint density at radius 3 is 2.64 bits per heavy atom. The number of para-hydroxylation sites is 1. The van der Waals surface area contributed by atoms with E-state index in [0.717, 1.165) is 12.1 Å². The molecule has 1 aromatic carbocycles. The van der Waals surface area contributed by atoms with Crippen LogP contribution in [0.5, 0.6) is 0 Å². The van der Waals surface area contributed by atoms with Gasteiger partial charge in [0.05, 0.1) is 29.6 Å². The summed E-state index contributed by atoms with van der Waals surface area (Å²) in [6.45, 7) is 1.86. The van der Waals surface area contributed by atoms with Gasteiger partial charge in [0.15, 0.2) is 0 Å². The molecule has 146 valence electrons. The van der Waals surface area contributed by atoms with E-state index in [4.69, 9.17) is 4.74 Å². The first-order valence-electron chi connectivity index (χ1n) is 8.18. The number of carbonyl (C=O) groups is 2. The Morgan fingerprint density at radius 1 is 1.18 bits per heavy atom. The molecule has 0 saturated carbocycles. The second-order valence-corrected chi connectivity index (χ2v) is 5.65. The second kappa shape index (κ2) is 7.59. The number of pyridine rings is 1. The van der Waals surface area contributed by atoms with Crippen molar-refractivity contribution < 1.29 is 27.5 Å². The first-order valence-corrected chi connectivity index (χ1v) is 8.18. The first-order chi connectivity index (χ1) is 13.3. The lowest BCUT2D eigenvalue weighted by atomic mass is 10.1. The lowest BCUT2D eigenvalue weighted by Gasteiger charge is -2.14. The van der Waals surface area contributed by atoms with Gasteiger partial charge < -0.3 is 15.4 Å². The van der Waals surface area contributed by atoms with Gasteiger partial charge in [-0.3, -0.25) is 0 Å². The minimum atomic E-state index is -4.60. The number of halogens is 3. The quantitative estimate of drug-likeness (QED) is 0.653. The Kier molecular flexibility index (Phi) is 5.21. The maximum absolute atomic E-state index is 13.0. The highest BCUT2D eigenvalue weighted by molar-refractivity contribution is 6.02. The Bertz CT molecular complexity index is 1030. The number of urea groups is 1. The number of carbonyl (C=O) groups excluding carboxylic acids is 2. The molecule has 0 unspecified atom stereocenters. The SMILES string of the molecule is CCOC(=O)c1cnn2ccc(NC(=O)Nc3ccccc3C(F)(F)F)cc12. The average molecular weight is 392 g/mol. The molecule has 0 saturated heterocycles. The van der Waals surface area contributed by atoms with Crippen molar-refractivity contribution in [2.24, 2.45) is 0 Å². The molecule has 0 fully saturated rings. The van der Waals surface area contributed by atoms with Gasteiger partial charge in [-0.15, -0.1) is 0 Å². The Balaban J connectivity index is 1.81. The molecular formula is C18H15F3N4O3. The van der Waals surface area contributed by atoms with Crippen LogP contribution in [0.15, 0.2) is 48.8 Å². The molecule has 2 aromatic heterocycles. The number of hydrogen-bond acceptors (Lipinski definition) is 4. The number of alkyl halides is 3. The van der Waals surface area contributed by atoms with Crippen molar-refractivity contribution in [1.29, 1.82) is 0 Å². The third-order valence-electron chi connectivity index (χ3n) is 3.76. The number of aromatic nitrogens is 2. The number of ether oxygens (including phenoxy) is 1. The van der Waals surface area contributed by atoms with Gasteiger partial charge in [0.1, 0.15) is 5.56 Å². The predicted octanol–water partition coefficient (Wildman–Crippen LogP) is 4.17. The highest BCUT2D eigenvalue weighted by Gasteiger charge is 2.33. The van der Waals surface area contributed by atoms with E-state index in [-0.39, 0.29) is 23.5 Å². The van der Waals surface area contributed by atoms with E-state index in [0.29, 0.717) is 5.52 Å². The zero-order valence-corrected chi connectivity index (χ0v) is 14.6. The van der Waals surface area contributed by atoms with Crippen LogP contribution in [0.1, 0.15) is 22.8 Å². The molecule has 2 heterocycles. The van der Waals surface area contributed by atoms with Gasteiger partial charge in [0.25, 0.3) is 0 Å². The molecule has 0 aliphatic heterocycles. The van der Waals surface area contributed by atoms with Gasteiger partial charge in [-0.25, -0.2) is 14.1 Å². The summed E-state index contributed by atoms with van der Waals surface area (Å²) in [5.74, 6) is -0.571. The van der Waals surface area contributed by atoms with Crippen molar-refractivity contribution in [2.45, 2.75) is 13.1 Å². The van der Waals surface area contributed by atoms with Gasteiger partial charge in [-0.05, 0) is 31.2 Å². The van der Waals surface area contributed by atoms with Crippen molar-refractivity contribution in [2.75, 3.05) is 17.2 Å². The summed E-state index contributed by atoms with van der Waals surface area (Å²) in [5.41, 5.74) is -0.480. The zero-order chi connectivity index (χ0) is 20.3. The van der Waals surface area contributed by atoms with Crippen LogP contribution in [0.25, 0.3) is 5.52 Å². The third kappa shape index (κ3) is 4.05. The molecule has 28 heavy (non-hydrogen) atoms.